The lowest BCUT2D eigenvalue weighted by atomic mass is 9.92. The molecule has 0 bridgehead atoms. The summed E-state index contributed by atoms with van der Waals surface area (Å²) in [7, 11) is 0. The van der Waals surface area contributed by atoms with Gasteiger partial charge in [-0.2, -0.15) is 11.3 Å². The monoisotopic (exact) mass is 296 g/mol. The second kappa shape index (κ2) is 7.09. The number of thiophene rings is 1. The van der Waals surface area contributed by atoms with Crippen molar-refractivity contribution in [1.29, 1.82) is 0 Å². The maximum absolute atomic E-state index is 12.1. The third-order valence-electron chi connectivity index (χ3n) is 4.18. The molecule has 112 valence electrons. The summed E-state index contributed by atoms with van der Waals surface area (Å²) < 4.78 is 0. The van der Waals surface area contributed by atoms with Crippen molar-refractivity contribution in [2.45, 2.75) is 38.7 Å². The molecule has 1 aliphatic rings. The van der Waals surface area contributed by atoms with E-state index in [4.69, 9.17) is 0 Å². The second-order valence-electron chi connectivity index (χ2n) is 5.71. The van der Waals surface area contributed by atoms with E-state index in [2.05, 4.69) is 29.1 Å². The fourth-order valence-electron chi connectivity index (χ4n) is 2.61. The first-order valence-electron chi connectivity index (χ1n) is 7.31. The molecule has 5 heteroatoms. The quantitative estimate of drug-likeness (QED) is 0.897. The maximum atomic E-state index is 12.1. The number of carbonyl (C=O) groups excluding carboxylic acids is 1. The summed E-state index contributed by atoms with van der Waals surface area (Å²) in [6.07, 6.45) is 1.52. The highest BCUT2D eigenvalue weighted by Gasteiger charge is 2.25. The number of carbonyl (C=O) groups is 1. The van der Waals surface area contributed by atoms with Gasteiger partial charge in [-0.25, -0.2) is 4.79 Å². The molecule has 1 fully saturated rings. The minimum atomic E-state index is -0.265. The molecule has 0 saturated carbocycles. The molecule has 2 N–H and O–H groups in total. The number of urea groups is 1. The van der Waals surface area contributed by atoms with Crippen LogP contribution in [0.15, 0.2) is 16.8 Å². The number of rotatable bonds is 4. The molecule has 0 spiro atoms. The van der Waals surface area contributed by atoms with E-state index in [1.165, 1.54) is 5.56 Å². The number of amides is 2. The summed E-state index contributed by atoms with van der Waals surface area (Å²) in [5.41, 5.74) is 1.28. The van der Waals surface area contributed by atoms with E-state index >= 15 is 0 Å². The first-order chi connectivity index (χ1) is 9.58. The molecule has 2 unspecified atom stereocenters. The number of aliphatic hydroxyl groups is 1. The summed E-state index contributed by atoms with van der Waals surface area (Å²) >= 11 is 1.69. The Labute approximate surface area is 124 Å². The van der Waals surface area contributed by atoms with Crippen LogP contribution in [-0.4, -0.2) is 41.8 Å². The van der Waals surface area contributed by atoms with Crippen LogP contribution < -0.4 is 5.32 Å². The molecule has 1 aromatic rings. The van der Waals surface area contributed by atoms with Crippen LogP contribution in [0.25, 0.3) is 0 Å². The highest BCUT2D eigenvalue weighted by molar-refractivity contribution is 7.07. The van der Waals surface area contributed by atoms with Crippen LogP contribution in [0.5, 0.6) is 0 Å². The van der Waals surface area contributed by atoms with Crippen molar-refractivity contribution in [3.8, 4) is 0 Å². The van der Waals surface area contributed by atoms with Crippen LogP contribution in [0, 0.1) is 5.92 Å². The lowest BCUT2D eigenvalue weighted by molar-refractivity contribution is 0.0798. The Kier molecular flexibility index (Phi) is 5.43. The van der Waals surface area contributed by atoms with Gasteiger partial charge in [0, 0.05) is 19.6 Å². The number of piperidine rings is 1. The summed E-state index contributed by atoms with van der Waals surface area (Å²) in [5, 5.41) is 16.8. The van der Waals surface area contributed by atoms with Gasteiger partial charge < -0.3 is 15.3 Å². The Bertz CT molecular complexity index is 412. The van der Waals surface area contributed by atoms with Crippen LogP contribution in [0.2, 0.25) is 0 Å². The molecule has 20 heavy (non-hydrogen) atoms. The van der Waals surface area contributed by atoms with Gasteiger partial charge in [0.05, 0.1) is 6.10 Å². The summed E-state index contributed by atoms with van der Waals surface area (Å²) in [5.74, 6) is 0.684. The minimum Gasteiger partial charge on any atom is -0.393 e. The number of likely N-dealkylation sites (tertiary alicyclic amines) is 1. The number of aliphatic hydroxyl groups excluding tert-OH is 1. The average molecular weight is 296 g/mol. The van der Waals surface area contributed by atoms with Crippen molar-refractivity contribution >= 4 is 17.4 Å². The van der Waals surface area contributed by atoms with Gasteiger partial charge >= 0.3 is 6.03 Å². The van der Waals surface area contributed by atoms with Gasteiger partial charge in [-0.15, -0.1) is 0 Å². The molecule has 1 aliphatic heterocycles. The van der Waals surface area contributed by atoms with Gasteiger partial charge in [0.1, 0.15) is 0 Å². The normalized spacial score (nSPS) is 19.6. The fourth-order valence-corrected chi connectivity index (χ4v) is 3.39. The van der Waals surface area contributed by atoms with Gasteiger partial charge in [0.15, 0.2) is 0 Å². The zero-order chi connectivity index (χ0) is 14.5. The molecular formula is C15H24N2O2S. The number of hydrogen-bond acceptors (Lipinski definition) is 3. The molecule has 0 aliphatic carbocycles. The Morgan fingerprint density at radius 1 is 1.50 bits per heavy atom. The van der Waals surface area contributed by atoms with Crippen LogP contribution >= 0.6 is 11.3 Å². The summed E-state index contributed by atoms with van der Waals surface area (Å²) in [6, 6.07) is 2.13. The predicted octanol–water partition coefficient (Wildman–Crippen LogP) is 2.65. The van der Waals surface area contributed by atoms with Gasteiger partial charge in [0.2, 0.25) is 0 Å². The zero-order valence-electron chi connectivity index (χ0n) is 12.2. The average Bonchev–Trinajstić information content (AvgIpc) is 2.98. The van der Waals surface area contributed by atoms with Crippen molar-refractivity contribution in [1.82, 2.24) is 10.2 Å². The highest BCUT2D eigenvalue weighted by Crippen LogP contribution is 2.21. The molecule has 2 amide bonds. The smallest absolute Gasteiger partial charge is 0.317 e. The number of nitrogens with one attached hydrogen (secondary N) is 1. The van der Waals surface area contributed by atoms with Gasteiger partial charge in [-0.1, -0.05) is 6.92 Å². The minimum absolute atomic E-state index is 0.0242. The molecule has 2 rings (SSSR count). The summed E-state index contributed by atoms with van der Waals surface area (Å²) in [6.45, 7) is 6.12. The van der Waals surface area contributed by atoms with Crippen molar-refractivity contribution in [2.75, 3.05) is 19.6 Å². The van der Waals surface area contributed by atoms with Gasteiger partial charge in [-0.3, -0.25) is 0 Å². The van der Waals surface area contributed by atoms with E-state index in [0.29, 0.717) is 18.4 Å². The number of nitrogens with zero attached hydrogens (tertiary/aromatic N) is 1. The van der Waals surface area contributed by atoms with E-state index in [1.54, 1.807) is 11.3 Å². The zero-order valence-corrected chi connectivity index (χ0v) is 13.0. The molecule has 2 atom stereocenters. The van der Waals surface area contributed by atoms with Crippen LogP contribution in [0.4, 0.5) is 4.79 Å². The van der Waals surface area contributed by atoms with Gasteiger partial charge in [0.25, 0.3) is 0 Å². The lowest BCUT2D eigenvalue weighted by Gasteiger charge is -2.33. The third-order valence-corrected chi connectivity index (χ3v) is 4.88. The van der Waals surface area contributed by atoms with Crippen LogP contribution in [0.1, 0.15) is 38.2 Å². The molecule has 1 saturated heterocycles. The first kappa shape index (κ1) is 15.3. The van der Waals surface area contributed by atoms with E-state index in [9.17, 15) is 9.90 Å². The molecule has 1 aromatic heterocycles. The molecular weight excluding hydrogens is 272 g/mol. The van der Waals surface area contributed by atoms with E-state index in [-0.39, 0.29) is 12.1 Å². The molecule has 0 radical (unpaired) electrons. The van der Waals surface area contributed by atoms with Crippen molar-refractivity contribution in [3.05, 3.63) is 22.4 Å². The SMILES string of the molecule is CC(CNC(=O)N1CCC(C(C)O)CC1)c1ccsc1. The number of hydrogen-bond donors (Lipinski definition) is 2. The van der Waals surface area contributed by atoms with Crippen molar-refractivity contribution < 1.29 is 9.90 Å². The third kappa shape index (κ3) is 3.96. The van der Waals surface area contributed by atoms with E-state index in [1.807, 2.05) is 11.8 Å². The molecule has 0 aromatic carbocycles. The Balaban J connectivity index is 1.73. The topological polar surface area (TPSA) is 52.6 Å². The van der Waals surface area contributed by atoms with E-state index in [0.717, 1.165) is 25.9 Å². The maximum Gasteiger partial charge on any atom is 0.317 e. The van der Waals surface area contributed by atoms with Crippen molar-refractivity contribution in [2.24, 2.45) is 5.92 Å². The van der Waals surface area contributed by atoms with Crippen molar-refractivity contribution in [3.63, 3.8) is 0 Å². The Morgan fingerprint density at radius 3 is 2.75 bits per heavy atom. The second-order valence-corrected chi connectivity index (χ2v) is 6.49. The molecule has 4 nitrogen and oxygen atoms in total. The predicted molar refractivity (Wildman–Crippen MR) is 82.1 cm³/mol. The molecule has 2 heterocycles. The van der Waals surface area contributed by atoms with Crippen LogP contribution in [-0.2, 0) is 0 Å². The first-order valence-corrected chi connectivity index (χ1v) is 8.25. The summed E-state index contributed by atoms with van der Waals surface area (Å²) in [4.78, 5) is 14.0. The lowest BCUT2D eigenvalue weighted by Crippen LogP contribution is -2.46. The largest absolute Gasteiger partial charge is 0.393 e. The fraction of sp³-hybridized carbons (Fsp3) is 0.667. The van der Waals surface area contributed by atoms with Crippen LogP contribution in [0.3, 0.4) is 0 Å². The van der Waals surface area contributed by atoms with Gasteiger partial charge in [-0.05, 0) is 54.0 Å². The Hall–Kier alpha value is -1.07. The van der Waals surface area contributed by atoms with E-state index < -0.39 is 0 Å². The highest BCUT2D eigenvalue weighted by atomic mass is 32.1. The standard InChI is InChI=1S/C15H24N2O2S/c1-11(14-5-8-20-10-14)9-16-15(19)17-6-3-13(4-7-17)12(2)18/h5,8,10-13,18H,3-4,6-7,9H2,1-2H3,(H,16,19). The Morgan fingerprint density at radius 2 is 2.20 bits per heavy atom.